The molecule has 1 aliphatic carbocycles. The Hall–Kier alpha value is -0.390. The highest BCUT2D eigenvalue weighted by atomic mass is 32.2. The molecule has 15 heavy (non-hydrogen) atoms. The van der Waals surface area contributed by atoms with E-state index in [1.54, 1.807) is 6.08 Å². The molecule has 1 fully saturated rings. The fourth-order valence-corrected chi connectivity index (χ4v) is 3.50. The molecule has 1 heterocycles. The predicted molar refractivity (Wildman–Crippen MR) is 58.1 cm³/mol. The van der Waals surface area contributed by atoms with Crippen LogP contribution in [0, 0.1) is 0 Å². The lowest BCUT2D eigenvalue weighted by Gasteiger charge is -2.24. The molecule has 4 nitrogen and oxygen atoms in total. The molecule has 0 saturated heterocycles. The van der Waals surface area contributed by atoms with Gasteiger partial charge in [-0.25, -0.2) is 8.42 Å². The molecular weight excluding hydrogens is 214 g/mol. The number of rotatable bonds is 3. The third-order valence-corrected chi connectivity index (χ3v) is 4.55. The Morgan fingerprint density at radius 3 is 2.60 bits per heavy atom. The third kappa shape index (κ3) is 2.80. The molecule has 0 aromatic heterocycles. The lowest BCUT2D eigenvalue weighted by atomic mass is 10.0. The molecule has 2 N–H and O–H groups in total. The fourth-order valence-electron chi connectivity index (χ4n) is 2.23. The van der Waals surface area contributed by atoms with Crippen molar-refractivity contribution in [3.05, 3.63) is 11.5 Å². The smallest absolute Gasteiger partial charge is 0.173 e. The molecule has 1 unspecified atom stereocenters. The quantitative estimate of drug-likeness (QED) is 0.728. The number of nitrogens with one attached hydrogen (secondary N) is 1. The zero-order valence-electron chi connectivity index (χ0n) is 8.65. The Kier molecular flexibility index (Phi) is 2.87. The minimum absolute atomic E-state index is 0.125. The summed E-state index contributed by atoms with van der Waals surface area (Å²) in [5.74, 6) is 0.128. The van der Waals surface area contributed by atoms with E-state index in [0.29, 0.717) is 6.54 Å². The standard InChI is InChI=1S/C10H17NO3S/c12-10(4-1-2-5-10)8-11-9-3-6-15(13,14)7-9/h3,6,9,11-12H,1-2,4-5,7-8H2. The van der Waals surface area contributed by atoms with Gasteiger partial charge in [0.2, 0.25) is 0 Å². The molecule has 0 bridgehead atoms. The number of hydrogen-bond acceptors (Lipinski definition) is 4. The van der Waals surface area contributed by atoms with Crippen molar-refractivity contribution in [2.75, 3.05) is 12.3 Å². The van der Waals surface area contributed by atoms with Crippen LogP contribution in [0.25, 0.3) is 0 Å². The maximum absolute atomic E-state index is 11.1. The van der Waals surface area contributed by atoms with Gasteiger partial charge in [-0.15, -0.1) is 0 Å². The van der Waals surface area contributed by atoms with Gasteiger partial charge in [-0.2, -0.15) is 0 Å². The van der Waals surface area contributed by atoms with Crippen molar-refractivity contribution in [2.45, 2.75) is 37.3 Å². The van der Waals surface area contributed by atoms with E-state index in [1.807, 2.05) is 0 Å². The van der Waals surface area contributed by atoms with Crippen LogP contribution in [0.1, 0.15) is 25.7 Å². The molecule has 0 aromatic rings. The highest BCUT2D eigenvalue weighted by Crippen LogP contribution is 2.28. The van der Waals surface area contributed by atoms with Crippen LogP contribution in [0.4, 0.5) is 0 Å². The lowest BCUT2D eigenvalue weighted by molar-refractivity contribution is 0.0467. The van der Waals surface area contributed by atoms with E-state index in [9.17, 15) is 13.5 Å². The first-order valence-corrected chi connectivity index (χ1v) is 7.07. The SMILES string of the molecule is O=S1(=O)C=CC(NCC2(O)CCCC2)C1. The molecular formula is C10H17NO3S. The number of aliphatic hydroxyl groups is 1. The van der Waals surface area contributed by atoms with Gasteiger partial charge in [-0.05, 0) is 12.8 Å². The van der Waals surface area contributed by atoms with Gasteiger partial charge < -0.3 is 10.4 Å². The van der Waals surface area contributed by atoms with E-state index >= 15 is 0 Å². The van der Waals surface area contributed by atoms with Crippen LogP contribution in [0.15, 0.2) is 11.5 Å². The van der Waals surface area contributed by atoms with Gasteiger partial charge in [0.1, 0.15) is 0 Å². The Labute approximate surface area is 90.3 Å². The second kappa shape index (κ2) is 3.88. The molecule has 0 amide bonds. The summed E-state index contributed by atoms with van der Waals surface area (Å²) in [4.78, 5) is 0. The highest BCUT2D eigenvalue weighted by molar-refractivity contribution is 7.94. The first kappa shape index (κ1) is 11.1. The maximum Gasteiger partial charge on any atom is 0.173 e. The van der Waals surface area contributed by atoms with Gasteiger partial charge in [0.05, 0.1) is 11.4 Å². The summed E-state index contributed by atoms with van der Waals surface area (Å²) in [7, 11) is -2.99. The second-order valence-electron chi connectivity index (χ2n) is 4.58. The molecule has 86 valence electrons. The molecule has 1 saturated carbocycles. The summed E-state index contributed by atoms with van der Waals surface area (Å²) in [5, 5.41) is 14.4. The summed E-state index contributed by atoms with van der Waals surface area (Å²) in [6.07, 6.45) is 5.44. The predicted octanol–water partition coefficient (Wildman–Crippen LogP) is 0.192. The zero-order valence-corrected chi connectivity index (χ0v) is 9.46. The molecule has 1 aliphatic heterocycles. The topological polar surface area (TPSA) is 66.4 Å². The second-order valence-corrected chi connectivity index (χ2v) is 6.51. The van der Waals surface area contributed by atoms with Crippen LogP contribution >= 0.6 is 0 Å². The molecule has 2 rings (SSSR count). The summed E-state index contributed by atoms with van der Waals surface area (Å²) in [6.45, 7) is 0.498. The van der Waals surface area contributed by atoms with Gasteiger partial charge in [0, 0.05) is 18.0 Å². The normalized spacial score (nSPS) is 32.2. The molecule has 1 atom stereocenters. The van der Waals surface area contributed by atoms with E-state index in [0.717, 1.165) is 25.7 Å². The molecule has 0 radical (unpaired) electrons. The van der Waals surface area contributed by atoms with E-state index in [2.05, 4.69) is 5.32 Å². The Balaban J connectivity index is 1.82. The molecule has 2 aliphatic rings. The van der Waals surface area contributed by atoms with E-state index < -0.39 is 15.4 Å². The summed E-state index contributed by atoms with van der Waals surface area (Å²) >= 11 is 0. The summed E-state index contributed by atoms with van der Waals surface area (Å²) < 4.78 is 22.3. The van der Waals surface area contributed by atoms with E-state index in [4.69, 9.17) is 0 Å². The molecule has 5 heteroatoms. The third-order valence-electron chi connectivity index (χ3n) is 3.16. The van der Waals surface area contributed by atoms with Gasteiger partial charge in [0.25, 0.3) is 0 Å². The van der Waals surface area contributed by atoms with Crippen molar-refractivity contribution in [1.29, 1.82) is 0 Å². The molecule has 0 aromatic carbocycles. The van der Waals surface area contributed by atoms with Gasteiger partial charge in [0.15, 0.2) is 9.84 Å². The number of hydrogen-bond donors (Lipinski definition) is 2. The molecule has 0 spiro atoms. The van der Waals surface area contributed by atoms with Crippen molar-refractivity contribution in [3.63, 3.8) is 0 Å². The summed E-state index contributed by atoms with van der Waals surface area (Å²) in [6, 6.07) is -0.125. The number of sulfone groups is 1. The average molecular weight is 231 g/mol. The van der Waals surface area contributed by atoms with Crippen molar-refractivity contribution < 1.29 is 13.5 Å². The minimum atomic E-state index is -2.99. The first-order valence-electron chi connectivity index (χ1n) is 5.36. The lowest BCUT2D eigenvalue weighted by Crippen LogP contribution is -2.43. The van der Waals surface area contributed by atoms with Gasteiger partial charge in [-0.1, -0.05) is 18.9 Å². The average Bonchev–Trinajstić information content (AvgIpc) is 2.70. The van der Waals surface area contributed by atoms with Crippen molar-refractivity contribution in [3.8, 4) is 0 Å². The van der Waals surface area contributed by atoms with Crippen LogP contribution in [0.3, 0.4) is 0 Å². The van der Waals surface area contributed by atoms with Crippen molar-refractivity contribution in [1.82, 2.24) is 5.32 Å². The van der Waals surface area contributed by atoms with Crippen molar-refractivity contribution >= 4 is 9.84 Å². The van der Waals surface area contributed by atoms with E-state index in [1.165, 1.54) is 5.41 Å². The summed E-state index contributed by atoms with van der Waals surface area (Å²) in [5.41, 5.74) is -0.611. The van der Waals surface area contributed by atoms with Crippen LogP contribution in [-0.2, 0) is 9.84 Å². The zero-order chi connectivity index (χ0) is 10.9. The first-order chi connectivity index (χ1) is 6.99. The van der Waals surface area contributed by atoms with Gasteiger partial charge >= 0.3 is 0 Å². The minimum Gasteiger partial charge on any atom is -0.389 e. The van der Waals surface area contributed by atoms with Crippen LogP contribution in [0.5, 0.6) is 0 Å². The highest BCUT2D eigenvalue weighted by Gasteiger charge is 2.32. The fraction of sp³-hybridized carbons (Fsp3) is 0.800. The van der Waals surface area contributed by atoms with Gasteiger partial charge in [-0.3, -0.25) is 0 Å². The van der Waals surface area contributed by atoms with Crippen LogP contribution in [0.2, 0.25) is 0 Å². The Bertz CT molecular complexity index is 355. The Morgan fingerprint density at radius 2 is 2.07 bits per heavy atom. The van der Waals surface area contributed by atoms with Crippen molar-refractivity contribution in [2.24, 2.45) is 0 Å². The van der Waals surface area contributed by atoms with Crippen LogP contribution < -0.4 is 5.32 Å². The van der Waals surface area contributed by atoms with E-state index in [-0.39, 0.29) is 11.8 Å². The monoisotopic (exact) mass is 231 g/mol. The van der Waals surface area contributed by atoms with Crippen LogP contribution in [-0.4, -0.2) is 37.5 Å². The Morgan fingerprint density at radius 1 is 1.40 bits per heavy atom. The largest absolute Gasteiger partial charge is 0.389 e. The maximum atomic E-state index is 11.1.